The number of hydrogen-bond acceptors (Lipinski definition) is 4. The van der Waals surface area contributed by atoms with Crippen LogP contribution in [0.2, 0.25) is 0 Å². The molecule has 0 bridgehead atoms. The van der Waals surface area contributed by atoms with Gasteiger partial charge in [0.1, 0.15) is 0 Å². The molecular formula is C24H58N2NiO6P2+2. The van der Waals surface area contributed by atoms with Gasteiger partial charge in [-0.05, 0) is 38.5 Å². The van der Waals surface area contributed by atoms with Gasteiger partial charge >= 0.3 is 0 Å². The van der Waals surface area contributed by atoms with Crippen molar-refractivity contribution < 1.29 is 37.1 Å². The van der Waals surface area contributed by atoms with Crippen molar-refractivity contribution in [1.82, 2.24) is 0 Å². The normalized spacial score (nSPS) is 9.60. The number of hydrogen-bond donors (Lipinski definition) is 2. The molecule has 2 N–H and O–H groups in total. The molecule has 0 saturated heterocycles. The van der Waals surface area contributed by atoms with Gasteiger partial charge in [0, 0.05) is 32.3 Å². The van der Waals surface area contributed by atoms with Gasteiger partial charge in [0.2, 0.25) is 0 Å². The summed E-state index contributed by atoms with van der Waals surface area (Å²) in [5, 5.41) is 27.3. The molecule has 0 atom stereocenters. The second kappa shape index (κ2) is 40.9. The first-order chi connectivity index (χ1) is 16.2. The van der Waals surface area contributed by atoms with Crippen molar-refractivity contribution in [2.75, 3.05) is 37.0 Å². The van der Waals surface area contributed by atoms with Crippen LogP contribution in [0.3, 0.4) is 0 Å². The molecule has 0 aliphatic carbocycles. The van der Waals surface area contributed by atoms with Crippen LogP contribution in [0, 0.1) is 20.2 Å². The maximum Gasteiger partial charge on any atom is 0.291 e. The average Bonchev–Trinajstić information content (AvgIpc) is 2.78. The van der Waals surface area contributed by atoms with E-state index >= 15 is 0 Å². The number of unbranched alkanes of at least 4 members (excludes halogenated alkanes) is 6. The Kier molecular flexibility index (Phi) is 52.3. The van der Waals surface area contributed by atoms with Crippen molar-refractivity contribution in [2.45, 2.75) is 119 Å². The molecular weight excluding hydrogens is 533 g/mol. The summed E-state index contributed by atoms with van der Waals surface area (Å²) in [5.74, 6) is 0. The molecule has 0 aromatic carbocycles. The fourth-order valence-electron chi connectivity index (χ4n) is 3.31. The van der Waals surface area contributed by atoms with Crippen LogP contribution in [0.4, 0.5) is 0 Å². The predicted octanol–water partition coefficient (Wildman–Crippen LogP) is 8.50. The van der Waals surface area contributed by atoms with Gasteiger partial charge in [-0.3, -0.25) is 0 Å². The molecule has 0 saturated carbocycles. The van der Waals surface area contributed by atoms with Crippen molar-refractivity contribution in [1.29, 1.82) is 0 Å². The molecule has 0 spiro atoms. The summed E-state index contributed by atoms with van der Waals surface area (Å²) in [6.07, 6.45) is 26.8. The second-order valence-electron chi connectivity index (χ2n) is 8.60. The average molecular weight is 591 g/mol. The summed E-state index contributed by atoms with van der Waals surface area (Å²) in [7, 11) is 0.135. The van der Waals surface area contributed by atoms with E-state index in [2.05, 4.69) is 41.5 Å². The molecule has 0 aliphatic heterocycles. The van der Waals surface area contributed by atoms with E-state index < -0.39 is 10.2 Å². The third kappa shape index (κ3) is 60.3. The predicted molar refractivity (Wildman–Crippen MR) is 153 cm³/mol. The first-order valence-electron chi connectivity index (χ1n) is 13.5. The van der Waals surface area contributed by atoms with E-state index in [0.717, 1.165) is 0 Å². The maximum atomic E-state index is 8.36. The van der Waals surface area contributed by atoms with E-state index in [1.807, 2.05) is 0 Å². The van der Waals surface area contributed by atoms with Crippen LogP contribution in [0.15, 0.2) is 0 Å². The monoisotopic (exact) mass is 590 g/mol. The zero-order chi connectivity index (χ0) is 27.0. The minimum Gasteiger partial charge on any atom is -0.328 e. The van der Waals surface area contributed by atoms with Gasteiger partial charge in [-0.2, -0.15) is 0 Å². The molecule has 0 fully saturated rings. The molecule has 218 valence electrons. The van der Waals surface area contributed by atoms with Gasteiger partial charge in [0.25, 0.3) is 10.2 Å². The first kappa shape index (κ1) is 44.7. The number of nitrogens with zero attached hydrogens (tertiary/aromatic N) is 2. The van der Waals surface area contributed by atoms with Crippen LogP contribution in [0.25, 0.3) is 0 Å². The van der Waals surface area contributed by atoms with Crippen molar-refractivity contribution in [2.24, 2.45) is 0 Å². The van der Waals surface area contributed by atoms with E-state index in [1.54, 1.807) is 37.0 Å². The first-order valence-corrected chi connectivity index (χ1v) is 17.7. The van der Waals surface area contributed by atoms with Gasteiger partial charge < -0.3 is 10.4 Å². The van der Waals surface area contributed by atoms with Crippen LogP contribution < -0.4 is 0 Å². The molecule has 0 radical (unpaired) electrons. The minimum atomic E-state index is -1.50. The van der Waals surface area contributed by atoms with E-state index in [9.17, 15) is 0 Å². The Bertz CT molecular complexity index is 332. The molecule has 35 heavy (non-hydrogen) atoms. The van der Waals surface area contributed by atoms with Gasteiger partial charge in [-0.1, -0.05) is 80.1 Å². The third-order valence-corrected chi connectivity index (χ3v) is 11.7. The fourth-order valence-corrected chi connectivity index (χ4v) is 9.93. The summed E-state index contributed by atoms with van der Waals surface area (Å²) < 4.78 is 0. The third-order valence-electron chi connectivity index (χ3n) is 5.30. The van der Waals surface area contributed by atoms with Gasteiger partial charge in [0.15, 0.2) is 0 Å². The SMILES string of the molecule is CCCC[PH+](CCCC)CCCC.CCCC[PH+](CCCC)CCCC.O=[N+]([O-])O.O=[N+]([O-])O.[Ni]. The zero-order valence-corrected chi connectivity index (χ0v) is 26.5. The van der Waals surface area contributed by atoms with Crippen molar-refractivity contribution in [3.8, 4) is 0 Å². The molecule has 0 rings (SSSR count). The summed E-state index contributed by atoms with van der Waals surface area (Å²) in [5.41, 5.74) is 0. The quantitative estimate of drug-likeness (QED) is 0.0712. The van der Waals surface area contributed by atoms with E-state index in [1.165, 1.54) is 77.0 Å². The Hall–Kier alpha value is -0.246. The molecule has 0 heterocycles. The largest absolute Gasteiger partial charge is 0.328 e. The summed E-state index contributed by atoms with van der Waals surface area (Å²) in [6, 6.07) is 0. The van der Waals surface area contributed by atoms with Crippen LogP contribution >= 0.6 is 15.8 Å². The molecule has 8 nitrogen and oxygen atoms in total. The van der Waals surface area contributed by atoms with Gasteiger partial charge in [-0.15, -0.1) is 20.2 Å². The fraction of sp³-hybridized carbons (Fsp3) is 1.00. The number of rotatable bonds is 18. The Morgan fingerprint density at radius 2 is 0.600 bits per heavy atom. The van der Waals surface area contributed by atoms with E-state index in [4.69, 9.17) is 30.6 Å². The van der Waals surface area contributed by atoms with E-state index in [-0.39, 0.29) is 32.3 Å². The Morgan fingerprint density at radius 3 is 0.686 bits per heavy atom. The van der Waals surface area contributed by atoms with Crippen LogP contribution in [0.5, 0.6) is 0 Å². The van der Waals surface area contributed by atoms with Crippen LogP contribution in [-0.2, 0) is 16.5 Å². The molecule has 0 aromatic rings. The summed E-state index contributed by atoms with van der Waals surface area (Å²) >= 11 is 0. The second-order valence-corrected chi connectivity index (χ2v) is 14.6. The molecule has 0 aromatic heterocycles. The Balaban J connectivity index is -0.000000128. The van der Waals surface area contributed by atoms with Crippen LogP contribution in [-0.4, -0.2) is 57.6 Å². The molecule has 0 amide bonds. The topological polar surface area (TPSA) is 127 Å². The maximum absolute atomic E-state index is 8.36. The van der Waals surface area contributed by atoms with Crippen LogP contribution in [0.1, 0.15) is 119 Å². The summed E-state index contributed by atoms with van der Waals surface area (Å²) in [4.78, 5) is 16.7. The molecule has 0 unspecified atom stereocenters. The van der Waals surface area contributed by atoms with E-state index in [0.29, 0.717) is 0 Å². The summed E-state index contributed by atoms with van der Waals surface area (Å²) in [6.45, 7) is 13.9. The minimum absolute atomic E-state index is 0. The molecule has 0 aliphatic rings. The Morgan fingerprint density at radius 1 is 0.486 bits per heavy atom. The van der Waals surface area contributed by atoms with Crippen molar-refractivity contribution in [3.63, 3.8) is 0 Å². The van der Waals surface area contributed by atoms with Gasteiger partial charge in [0.05, 0.1) is 37.0 Å². The van der Waals surface area contributed by atoms with Crippen molar-refractivity contribution in [3.05, 3.63) is 20.2 Å². The Labute approximate surface area is 228 Å². The molecule has 11 heteroatoms. The standard InChI is InChI=1S/2C12H27P.2HNO3.Ni/c2*1-4-7-10-13(11-8-5-2)12-9-6-3;2*2-1(3)4;/h2*4-12H2,1-3H3;2*(H,2,3,4);/p+2. The smallest absolute Gasteiger partial charge is 0.291 e. The zero-order valence-electron chi connectivity index (χ0n) is 23.5. The van der Waals surface area contributed by atoms with Gasteiger partial charge in [-0.25, -0.2) is 0 Å². The van der Waals surface area contributed by atoms with Crippen molar-refractivity contribution >= 4 is 15.8 Å².